The summed E-state index contributed by atoms with van der Waals surface area (Å²) in [7, 11) is -3.61. The Morgan fingerprint density at radius 2 is 1.77 bits per heavy atom. The molecule has 1 heterocycles. The van der Waals surface area contributed by atoms with E-state index in [4.69, 9.17) is 0 Å². The van der Waals surface area contributed by atoms with Crippen LogP contribution in [-0.4, -0.2) is 38.9 Å². The third-order valence-electron chi connectivity index (χ3n) is 5.59. The Bertz CT molecular complexity index is 979. The van der Waals surface area contributed by atoms with Crippen LogP contribution in [-0.2, 0) is 16.6 Å². The zero-order chi connectivity index (χ0) is 21.7. The highest BCUT2D eigenvalue weighted by Gasteiger charge is 2.18. The van der Waals surface area contributed by atoms with Gasteiger partial charge in [-0.25, -0.2) is 13.1 Å². The van der Waals surface area contributed by atoms with E-state index in [1.807, 2.05) is 24.3 Å². The molecule has 3 rings (SSSR count). The zero-order valence-electron chi connectivity index (χ0n) is 17.9. The van der Waals surface area contributed by atoms with Gasteiger partial charge in [0.05, 0.1) is 4.90 Å². The summed E-state index contributed by atoms with van der Waals surface area (Å²) in [5.41, 5.74) is 2.98. The van der Waals surface area contributed by atoms with E-state index in [0.29, 0.717) is 17.8 Å². The van der Waals surface area contributed by atoms with E-state index in [1.54, 1.807) is 19.9 Å². The van der Waals surface area contributed by atoms with Crippen molar-refractivity contribution in [2.45, 2.75) is 45.1 Å². The number of nitrogens with one attached hydrogen (secondary N) is 2. The number of piperidine rings is 1. The molecule has 1 saturated heterocycles. The molecule has 0 spiro atoms. The second-order valence-corrected chi connectivity index (χ2v) is 9.85. The minimum Gasteiger partial charge on any atom is -0.322 e. The van der Waals surface area contributed by atoms with Crippen LogP contribution in [0, 0.1) is 12.8 Å². The standard InChI is InChI=1S/C23H31N3O3S/c1-4-24-30(28,29)21-10-5-18(3)22(15-21)23(27)25-20-8-6-19(7-9-20)16-26-13-11-17(2)12-14-26/h5-10,15,17,24H,4,11-14,16H2,1-3H3,(H,25,27). The van der Waals surface area contributed by atoms with Gasteiger partial charge in [-0.1, -0.05) is 32.0 Å². The summed E-state index contributed by atoms with van der Waals surface area (Å²) in [6.45, 7) is 9.29. The number of hydrogen-bond acceptors (Lipinski definition) is 4. The van der Waals surface area contributed by atoms with E-state index in [2.05, 4.69) is 21.9 Å². The monoisotopic (exact) mass is 429 g/mol. The molecule has 0 atom stereocenters. The summed E-state index contributed by atoms with van der Waals surface area (Å²) in [6.07, 6.45) is 2.49. The number of amides is 1. The van der Waals surface area contributed by atoms with Crippen molar-refractivity contribution in [3.63, 3.8) is 0 Å². The van der Waals surface area contributed by atoms with Crippen molar-refractivity contribution in [3.05, 3.63) is 59.2 Å². The summed E-state index contributed by atoms with van der Waals surface area (Å²) in [5.74, 6) is 0.493. The van der Waals surface area contributed by atoms with E-state index in [1.165, 1.54) is 30.5 Å². The lowest BCUT2D eigenvalue weighted by molar-refractivity contribution is 0.102. The predicted molar refractivity (Wildman–Crippen MR) is 120 cm³/mol. The summed E-state index contributed by atoms with van der Waals surface area (Å²) in [4.78, 5) is 15.3. The van der Waals surface area contributed by atoms with Crippen LogP contribution in [0.2, 0.25) is 0 Å². The first-order valence-corrected chi connectivity index (χ1v) is 12.0. The number of hydrogen-bond donors (Lipinski definition) is 2. The molecule has 162 valence electrons. The molecule has 1 aliphatic rings. The molecule has 2 N–H and O–H groups in total. The number of carbonyl (C=O) groups excluding carboxylic acids is 1. The van der Waals surface area contributed by atoms with Crippen LogP contribution < -0.4 is 10.0 Å². The van der Waals surface area contributed by atoms with E-state index in [0.717, 1.165) is 31.1 Å². The van der Waals surface area contributed by atoms with Crippen LogP contribution in [0.15, 0.2) is 47.4 Å². The molecule has 1 aliphatic heterocycles. The van der Waals surface area contributed by atoms with Crippen molar-refractivity contribution >= 4 is 21.6 Å². The Labute approximate surface area is 179 Å². The fraction of sp³-hybridized carbons (Fsp3) is 0.435. The lowest BCUT2D eigenvalue weighted by Gasteiger charge is -2.30. The van der Waals surface area contributed by atoms with Crippen LogP contribution in [0.5, 0.6) is 0 Å². The molecule has 2 aromatic carbocycles. The molecule has 6 nitrogen and oxygen atoms in total. The van der Waals surface area contributed by atoms with Crippen LogP contribution >= 0.6 is 0 Å². The van der Waals surface area contributed by atoms with Crippen LogP contribution in [0.25, 0.3) is 0 Å². The Kier molecular flexibility index (Phi) is 7.28. The maximum absolute atomic E-state index is 12.8. The van der Waals surface area contributed by atoms with Gasteiger partial charge in [0.2, 0.25) is 10.0 Å². The number of likely N-dealkylation sites (tertiary alicyclic amines) is 1. The Hall–Kier alpha value is -2.22. The number of carbonyl (C=O) groups is 1. The number of rotatable bonds is 7. The highest BCUT2D eigenvalue weighted by molar-refractivity contribution is 7.89. The first-order valence-electron chi connectivity index (χ1n) is 10.5. The van der Waals surface area contributed by atoms with E-state index < -0.39 is 10.0 Å². The van der Waals surface area contributed by atoms with E-state index in [9.17, 15) is 13.2 Å². The van der Waals surface area contributed by atoms with Crippen LogP contribution in [0.4, 0.5) is 5.69 Å². The van der Waals surface area contributed by atoms with E-state index >= 15 is 0 Å². The number of anilines is 1. The van der Waals surface area contributed by atoms with Crippen LogP contribution in [0.3, 0.4) is 0 Å². The quantitative estimate of drug-likeness (QED) is 0.702. The molecule has 2 aromatic rings. The SMILES string of the molecule is CCNS(=O)(=O)c1ccc(C)c(C(=O)Nc2ccc(CN3CCC(C)CC3)cc2)c1. The minimum absolute atomic E-state index is 0.0892. The molecule has 0 saturated carbocycles. The van der Waals surface area contributed by atoms with Gasteiger partial charge in [0.1, 0.15) is 0 Å². The van der Waals surface area contributed by atoms with Crippen molar-refractivity contribution in [3.8, 4) is 0 Å². The molecule has 0 unspecified atom stereocenters. The van der Waals surface area contributed by atoms with Gasteiger partial charge < -0.3 is 5.32 Å². The van der Waals surface area contributed by atoms with Crippen LogP contribution in [0.1, 0.15) is 48.2 Å². The number of sulfonamides is 1. The molecule has 30 heavy (non-hydrogen) atoms. The molecule has 1 amide bonds. The predicted octanol–water partition coefficient (Wildman–Crippen LogP) is 3.78. The van der Waals surface area contributed by atoms with Gasteiger partial charge in [-0.2, -0.15) is 0 Å². The van der Waals surface area contributed by atoms with Gasteiger partial charge in [0, 0.05) is 24.3 Å². The molecule has 0 radical (unpaired) electrons. The second kappa shape index (κ2) is 9.73. The summed E-state index contributed by atoms with van der Waals surface area (Å²) in [5, 5.41) is 2.88. The molecule has 0 aliphatic carbocycles. The minimum atomic E-state index is -3.61. The molecular formula is C23H31N3O3S. The van der Waals surface area contributed by atoms with Crippen molar-refractivity contribution in [1.29, 1.82) is 0 Å². The summed E-state index contributed by atoms with van der Waals surface area (Å²) < 4.78 is 26.9. The lowest BCUT2D eigenvalue weighted by Crippen LogP contribution is -2.32. The third-order valence-corrected chi connectivity index (χ3v) is 7.14. The average Bonchev–Trinajstić information content (AvgIpc) is 2.71. The van der Waals surface area contributed by atoms with E-state index in [-0.39, 0.29) is 10.8 Å². The van der Waals surface area contributed by atoms with Gasteiger partial charge in [0.15, 0.2) is 0 Å². The molecular weight excluding hydrogens is 398 g/mol. The molecule has 7 heteroatoms. The van der Waals surface area contributed by atoms with Gasteiger partial charge >= 0.3 is 0 Å². The smallest absolute Gasteiger partial charge is 0.255 e. The number of nitrogens with zero attached hydrogens (tertiary/aromatic N) is 1. The largest absolute Gasteiger partial charge is 0.322 e. The van der Waals surface area contributed by atoms with Crippen molar-refractivity contribution in [2.75, 3.05) is 25.0 Å². The molecule has 0 bridgehead atoms. The van der Waals surface area contributed by atoms with Gasteiger partial charge in [-0.05, 0) is 74.2 Å². The summed E-state index contributed by atoms with van der Waals surface area (Å²) in [6, 6.07) is 12.5. The number of aryl methyl sites for hydroxylation is 1. The Morgan fingerprint density at radius 1 is 1.10 bits per heavy atom. The van der Waals surface area contributed by atoms with Gasteiger partial charge in [-0.15, -0.1) is 0 Å². The fourth-order valence-corrected chi connectivity index (χ4v) is 4.72. The Morgan fingerprint density at radius 3 is 2.40 bits per heavy atom. The van der Waals surface area contributed by atoms with Crippen molar-refractivity contribution in [1.82, 2.24) is 9.62 Å². The Balaban J connectivity index is 1.67. The third kappa shape index (κ3) is 5.68. The molecule has 1 fully saturated rings. The maximum atomic E-state index is 12.8. The highest BCUT2D eigenvalue weighted by atomic mass is 32.2. The summed E-state index contributed by atoms with van der Waals surface area (Å²) >= 11 is 0. The average molecular weight is 430 g/mol. The first kappa shape index (κ1) is 22.5. The van der Waals surface area contributed by atoms with Gasteiger partial charge in [0.25, 0.3) is 5.91 Å². The zero-order valence-corrected chi connectivity index (χ0v) is 18.8. The topological polar surface area (TPSA) is 78.5 Å². The number of benzene rings is 2. The first-order chi connectivity index (χ1) is 14.3. The second-order valence-electron chi connectivity index (χ2n) is 8.09. The fourth-order valence-electron chi connectivity index (χ4n) is 3.66. The molecule has 0 aromatic heterocycles. The maximum Gasteiger partial charge on any atom is 0.255 e. The van der Waals surface area contributed by atoms with Gasteiger partial charge in [-0.3, -0.25) is 9.69 Å². The van der Waals surface area contributed by atoms with Crippen molar-refractivity contribution in [2.24, 2.45) is 5.92 Å². The van der Waals surface area contributed by atoms with Crippen molar-refractivity contribution < 1.29 is 13.2 Å². The highest BCUT2D eigenvalue weighted by Crippen LogP contribution is 2.20. The lowest BCUT2D eigenvalue weighted by atomic mass is 9.99. The normalized spacial score (nSPS) is 15.8.